The summed E-state index contributed by atoms with van der Waals surface area (Å²) >= 11 is 3.25. The minimum atomic E-state index is -0.499. The van der Waals surface area contributed by atoms with Gasteiger partial charge in [-0.15, -0.1) is 0 Å². The third kappa shape index (κ3) is 2.70. The Balaban J connectivity index is 2.26. The van der Waals surface area contributed by atoms with Gasteiger partial charge in [-0.3, -0.25) is 0 Å². The monoisotopic (exact) mass is 313 g/mol. The number of imidazole rings is 1. The minimum Gasteiger partial charge on any atom is -0.491 e. The van der Waals surface area contributed by atoms with E-state index < -0.39 is 11.9 Å². The fourth-order valence-corrected chi connectivity index (χ4v) is 1.92. The van der Waals surface area contributed by atoms with E-state index in [1.165, 1.54) is 6.07 Å². The van der Waals surface area contributed by atoms with Crippen LogP contribution in [0.4, 0.5) is 4.39 Å². The maximum atomic E-state index is 13.7. The van der Waals surface area contributed by atoms with E-state index in [4.69, 9.17) is 10.5 Å². The van der Waals surface area contributed by atoms with Crippen molar-refractivity contribution in [2.24, 2.45) is 5.73 Å². The van der Waals surface area contributed by atoms with E-state index in [1.807, 2.05) is 0 Å². The van der Waals surface area contributed by atoms with Crippen LogP contribution in [0.25, 0.3) is 0 Å². The summed E-state index contributed by atoms with van der Waals surface area (Å²) < 4.78 is 19.6. The van der Waals surface area contributed by atoms with Gasteiger partial charge in [-0.2, -0.15) is 0 Å². The van der Waals surface area contributed by atoms with Crippen molar-refractivity contribution >= 4 is 15.9 Å². The molecule has 1 unspecified atom stereocenters. The lowest BCUT2D eigenvalue weighted by Crippen LogP contribution is -2.14. The molecule has 0 bridgehead atoms. The van der Waals surface area contributed by atoms with Crippen LogP contribution in [0.5, 0.6) is 5.75 Å². The first kappa shape index (κ1) is 13.0. The molecule has 2 rings (SSSR count). The summed E-state index contributed by atoms with van der Waals surface area (Å²) in [6, 6.07) is 4.18. The molecule has 2 aromatic rings. The lowest BCUT2D eigenvalue weighted by atomic mass is 10.1. The molecule has 6 heteroatoms. The average molecular weight is 314 g/mol. The van der Waals surface area contributed by atoms with Gasteiger partial charge in [0.2, 0.25) is 0 Å². The number of nitrogens with one attached hydrogen (secondary N) is 1. The maximum absolute atomic E-state index is 13.7. The van der Waals surface area contributed by atoms with Crippen LogP contribution < -0.4 is 10.5 Å². The predicted octanol–water partition coefficient (Wildman–Crippen LogP) is 2.76. The Kier molecular flexibility index (Phi) is 3.98. The molecule has 0 spiro atoms. The van der Waals surface area contributed by atoms with E-state index in [1.54, 1.807) is 25.3 Å². The van der Waals surface area contributed by atoms with E-state index in [-0.39, 0.29) is 5.75 Å². The van der Waals surface area contributed by atoms with E-state index >= 15 is 0 Å². The molecule has 0 radical (unpaired) electrons. The van der Waals surface area contributed by atoms with Crippen molar-refractivity contribution in [1.82, 2.24) is 9.97 Å². The Hall–Kier alpha value is -1.40. The zero-order valence-electron chi connectivity index (χ0n) is 9.78. The van der Waals surface area contributed by atoms with Gasteiger partial charge in [0.25, 0.3) is 0 Å². The Morgan fingerprint density at radius 2 is 2.33 bits per heavy atom. The molecule has 1 atom stereocenters. The van der Waals surface area contributed by atoms with Gasteiger partial charge < -0.3 is 15.5 Å². The highest BCUT2D eigenvalue weighted by Gasteiger charge is 2.14. The molecule has 1 aromatic carbocycles. The van der Waals surface area contributed by atoms with Crippen molar-refractivity contribution in [2.45, 2.75) is 13.0 Å². The van der Waals surface area contributed by atoms with E-state index in [2.05, 4.69) is 25.9 Å². The van der Waals surface area contributed by atoms with E-state index in [9.17, 15) is 4.39 Å². The number of aromatic amines is 1. The number of hydrogen-bond donors (Lipinski definition) is 2. The molecule has 0 saturated heterocycles. The molecule has 0 aliphatic heterocycles. The first-order chi connectivity index (χ1) is 8.61. The second-order valence-electron chi connectivity index (χ2n) is 3.72. The number of ether oxygens (including phenoxy) is 1. The van der Waals surface area contributed by atoms with Crippen LogP contribution in [-0.2, 0) is 0 Å². The van der Waals surface area contributed by atoms with Gasteiger partial charge in [0, 0.05) is 0 Å². The highest BCUT2D eigenvalue weighted by molar-refractivity contribution is 9.10. The fourth-order valence-electron chi connectivity index (χ4n) is 1.61. The van der Waals surface area contributed by atoms with Gasteiger partial charge in [-0.25, -0.2) is 9.37 Å². The minimum absolute atomic E-state index is 0.231. The van der Waals surface area contributed by atoms with Crippen molar-refractivity contribution in [3.05, 3.63) is 46.2 Å². The maximum Gasteiger partial charge on any atom is 0.165 e. The molecule has 18 heavy (non-hydrogen) atoms. The number of nitrogens with zero attached hydrogens (tertiary/aromatic N) is 1. The number of halogens is 2. The molecule has 4 nitrogen and oxygen atoms in total. The number of benzene rings is 1. The van der Waals surface area contributed by atoms with Crippen molar-refractivity contribution < 1.29 is 9.13 Å². The van der Waals surface area contributed by atoms with Crippen molar-refractivity contribution in [3.8, 4) is 5.75 Å². The largest absolute Gasteiger partial charge is 0.491 e. The van der Waals surface area contributed by atoms with Crippen molar-refractivity contribution in [3.63, 3.8) is 0 Å². The summed E-state index contributed by atoms with van der Waals surface area (Å²) in [5.74, 6) is 0.384. The molecule has 1 heterocycles. The molecule has 0 amide bonds. The lowest BCUT2D eigenvalue weighted by Gasteiger charge is -2.11. The Bertz CT molecular complexity index is 544. The van der Waals surface area contributed by atoms with Crippen LogP contribution in [0.2, 0.25) is 0 Å². The summed E-state index contributed by atoms with van der Waals surface area (Å²) in [5.41, 5.74) is 6.64. The van der Waals surface area contributed by atoms with E-state index in [0.29, 0.717) is 18.0 Å². The van der Waals surface area contributed by atoms with Crippen LogP contribution in [0.3, 0.4) is 0 Å². The van der Waals surface area contributed by atoms with Crippen molar-refractivity contribution in [1.29, 1.82) is 0 Å². The molecule has 1 aromatic heterocycles. The van der Waals surface area contributed by atoms with Gasteiger partial charge in [-0.05, 0) is 40.5 Å². The second-order valence-corrected chi connectivity index (χ2v) is 4.57. The molecule has 0 aliphatic carbocycles. The zero-order chi connectivity index (χ0) is 13.1. The number of nitrogens with two attached hydrogens (primary N) is 1. The van der Waals surface area contributed by atoms with Gasteiger partial charge >= 0.3 is 0 Å². The molecule has 0 aliphatic rings. The molecule has 96 valence electrons. The smallest absolute Gasteiger partial charge is 0.165 e. The summed E-state index contributed by atoms with van der Waals surface area (Å²) in [6.45, 7) is 2.23. The summed E-state index contributed by atoms with van der Waals surface area (Å²) in [5, 5.41) is 0. The second kappa shape index (κ2) is 5.49. The van der Waals surface area contributed by atoms with Crippen LogP contribution in [0, 0.1) is 5.82 Å². The van der Waals surface area contributed by atoms with Gasteiger partial charge in [0.15, 0.2) is 11.6 Å². The van der Waals surface area contributed by atoms with Gasteiger partial charge in [0.05, 0.1) is 18.8 Å². The summed E-state index contributed by atoms with van der Waals surface area (Å²) in [4.78, 5) is 7.06. The highest BCUT2D eigenvalue weighted by Crippen LogP contribution is 2.24. The normalized spacial score (nSPS) is 12.4. The SMILES string of the molecule is CCOc1ccc(C(N)c2ncc(Br)[nH]2)cc1F. The molecular weight excluding hydrogens is 301 g/mol. The fraction of sp³-hybridized carbons (Fsp3) is 0.250. The highest BCUT2D eigenvalue weighted by atomic mass is 79.9. The van der Waals surface area contributed by atoms with Gasteiger partial charge in [0.1, 0.15) is 10.4 Å². The van der Waals surface area contributed by atoms with Gasteiger partial charge in [-0.1, -0.05) is 6.07 Å². The molecule has 3 N–H and O–H groups in total. The van der Waals surface area contributed by atoms with Crippen LogP contribution in [0.1, 0.15) is 24.4 Å². The molecule has 0 saturated carbocycles. The van der Waals surface area contributed by atoms with E-state index in [0.717, 1.165) is 4.60 Å². The van der Waals surface area contributed by atoms with Crippen LogP contribution in [0.15, 0.2) is 29.0 Å². The lowest BCUT2D eigenvalue weighted by molar-refractivity contribution is 0.321. The molecular formula is C12H13BrFN3O. The Labute approximate surface area is 112 Å². The average Bonchev–Trinajstić information content (AvgIpc) is 2.78. The Morgan fingerprint density at radius 1 is 1.56 bits per heavy atom. The number of aromatic nitrogens is 2. The van der Waals surface area contributed by atoms with Crippen LogP contribution >= 0.6 is 15.9 Å². The number of rotatable bonds is 4. The predicted molar refractivity (Wildman–Crippen MR) is 69.9 cm³/mol. The Morgan fingerprint density at radius 3 is 2.89 bits per heavy atom. The third-order valence-electron chi connectivity index (χ3n) is 2.47. The van der Waals surface area contributed by atoms with Crippen LogP contribution in [-0.4, -0.2) is 16.6 Å². The number of H-pyrrole nitrogens is 1. The third-order valence-corrected chi connectivity index (χ3v) is 2.88. The summed E-state index contributed by atoms with van der Waals surface area (Å²) in [7, 11) is 0. The first-order valence-corrected chi connectivity index (χ1v) is 6.29. The van der Waals surface area contributed by atoms with Crippen molar-refractivity contribution in [2.75, 3.05) is 6.61 Å². The first-order valence-electron chi connectivity index (χ1n) is 5.50. The molecule has 0 fully saturated rings. The standard InChI is InChI=1S/C12H13BrFN3O/c1-2-18-9-4-3-7(5-8(9)14)11(15)12-16-6-10(13)17-12/h3-6,11H,2,15H2,1H3,(H,16,17). The summed E-state index contributed by atoms with van der Waals surface area (Å²) in [6.07, 6.45) is 1.61. The number of hydrogen-bond acceptors (Lipinski definition) is 3. The quantitative estimate of drug-likeness (QED) is 0.912. The zero-order valence-corrected chi connectivity index (χ0v) is 11.4. The topological polar surface area (TPSA) is 63.9 Å².